The lowest BCUT2D eigenvalue weighted by atomic mass is 9.99. The molecule has 0 aliphatic heterocycles. The molecule has 0 fully saturated rings. The molecule has 0 spiro atoms. The van der Waals surface area contributed by atoms with Crippen LogP contribution < -0.4 is 5.73 Å². The highest BCUT2D eigenvalue weighted by Gasteiger charge is 2.15. The maximum Gasteiger partial charge on any atom is 0.141 e. The summed E-state index contributed by atoms with van der Waals surface area (Å²) in [6.45, 7) is 7.29. The summed E-state index contributed by atoms with van der Waals surface area (Å²) in [5.41, 5.74) is 7.43. The molecular formula is C12H21N3O. The summed E-state index contributed by atoms with van der Waals surface area (Å²) in [5.74, 6) is 0.297. The first-order valence-corrected chi connectivity index (χ1v) is 5.84. The molecule has 0 amide bonds. The Morgan fingerprint density at radius 3 is 2.88 bits per heavy atom. The van der Waals surface area contributed by atoms with E-state index in [-0.39, 0.29) is 11.7 Å². The molecule has 0 aliphatic rings. The maximum atomic E-state index is 11.9. The zero-order valence-corrected chi connectivity index (χ0v) is 10.4. The van der Waals surface area contributed by atoms with E-state index in [1.54, 1.807) is 0 Å². The normalized spacial score (nSPS) is 12.8. The Hall–Kier alpha value is -1.16. The van der Waals surface area contributed by atoms with E-state index in [9.17, 15) is 4.79 Å². The second kappa shape index (κ2) is 5.80. The van der Waals surface area contributed by atoms with Gasteiger partial charge in [-0.15, -0.1) is 0 Å². The second-order valence-corrected chi connectivity index (χ2v) is 4.21. The smallest absolute Gasteiger partial charge is 0.141 e. The number of rotatable bonds is 6. The first kappa shape index (κ1) is 12.9. The van der Waals surface area contributed by atoms with E-state index < -0.39 is 0 Å². The van der Waals surface area contributed by atoms with Gasteiger partial charge in [0.2, 0.25) is 0 Å². The standard InChI is InChI=1S/C12H21N3O/c1-4-15-11(7-10(3)14-15)8-12(16)9(2)5-6-13/h7,9H,4-6,8,13H2,1-3H3. The van der Waals surface area contributed by atoms with Crippen molar-refractivity contribution in [3.8, 4) is 0 Å². The predicted molar refractivity (Wildman–Crippen MR) is 64.2 cm³/mol. The molecule has 0 bridgehead atoms. The number of ketones is 1. The van der Waals surface area contributed by atoms with E-state index in [4.69, 9.17) is 5.73 Å². The van der Waals surface area contributed by atoms with E-state index in [1.165, 1.54) is 0 Å². The van der Waals surface area contributed by atoms with Crippen molar-refractivity contribution in [1.82, 2.24) is 9.78 Å². The second-order valence-electron chi connectivity index (χ2n) is 4.21. The van der Waals surface area contributed by atoms with Gasteiger partial charge in [-0.05, 0) is 32.9 Å². The topological polar surface area (TPSA) is 60.9 Å². The van der Waals surface area contributed by atoms with Gasteiger partial charge in [-0.25, -0.2) is 0 Å². The van der Waals surface area contributed by atoms with Gasteiger partial charge in [-0.2, -0.15) is 5.10 Å². The SMILES string of the molecule is CCn1nc(C)cc1CC(=O)C(C)CCN. The molecule has 0 radical (unpaired) electrons. The van der Waals surface area contributed by atoms with Crippen LogP contribution in [0.5, 0.6) is 0 Å². The summed E-state index contributed by atoms with van der Waals surface area (Å²) in [4.78, 5) is 11.9. The van der Waals surface area contributed by atoms with Gasteiger partial charge in [0.15, 0.2) is 0 Å². The average Bonchev–Trinajstić information content (AvgIpc) is 2.59. The zero-order chi connectivity index (χ0) is 12.1. The van der Waals surface area contributed by atoms with Crippen LogP contribution in [-0.2, 0) is 17.8 Å². The molecule has 4 nitrogen and oxygen atoms in total. The number of Topliss-reactive ketones (excluding diaryl/α,β-unsaturated/α-hetero) is 1. The number of hydrogen-bond acceptors (Lipinski definition) is 3. The third-order valence-corrected chi connectivity index (χ3v) is 2.79. The molecule has 2 N–H and O–H groups in total. The van der Waals surface area contributed by atoms with Crippen LogP contribution in [0.25, 0.3) is 0 Å². The maximum absolute atomic E-state index is 11.9. The van der Waals surface area contributed by atoms with Crippen LogP contribution >= 0.6 is 0 Å². The first-order valence-electron chi connectivity index (χ1n) is 5.84. The molecule has 1 atom stereocenters. The Labute approximate surface area is 96.8 Å². The quantitative estimate of drug-likeness (QED) is 0.791. The van der Waals surface area contributed by atoms with Gasteiger partial charge < -0.3 is 5.73 Å². The zero-order valence-electron chi connectivity index (χ0n) is 10.4. The van der Waals surface area contributed by atoms with Crippen LogP contribution in [0, 0.1) is 12.8 Å². The fraction of sp³-hybridized carbons (Fsp3) is 0.667. The van der Waals surface area contributed by atoms with Gasteiger partial charge in [0, 0.05) is 24.6 Å². The minimum absolute atomic E-state index is 0.0468. The van der Waals surface area contributed by atoms with E-state index in [1.807, 2.05) is 31.5 Å². The summed E-state index contributed by atoms with van der Waals surface area (Å²) >= 11 is 0. The number of carbonyl (C=O) groups excluding carboxylic acids is 1. The summed E-state index contributed by atoms with van der Waals surface area (Å²) in [6, 6.07) is 1.98. The number of nitrogens with zero attached hydrogens (tertiary/aromatic N) is 2. The average molecular weight is 223 g/mol. The molecule has 1 rings (SSSR count). The van der Waals surface area contributed by atoms with E-state index in [0.29, 0.717) is 13.0 Å². The fourth-order valence-electron chi connectivity index (χ4n) is 1.78. The van der Waals surface area contributed by atoms with Gasteiger partial charge in [-0.1, -0.05) is 6.92 Å². The molecule has 1 aromatic heterocycles. The summed E-state index contributed by atoms with van der Waals surface area (Å²) in [5, 5.41) is 4.33. The summed E-state index contributed by atoms with van der Waals surface area (Å²) < 4.78 is 1.89. The number of aromatic nitrogens is 2. The number of nitrogens with two attached hydrogens (primary N) is 1. The Morgan fingerprint density at radius 1 is 1.62 bits per heavy atom. The van der Waals surface area contributed by atoms with Crippen molar-refractivity contribution in [2.75, 3.05) is 6.54 Å². The van der Waals surface area contributed by atoms with Crippen LogP contribution in [0.2, 0.25) is 0 Å². The number of hydrogen-bond donors (Lipinski definition) is 1. The lowest BCUT2D eigenvalue weighted by molar-refractivity contribution is -0.121. The summed E-state index contributed by atoms with van der Waals surface area (Å²) in [6.07, 6.45) is 1.23. The minimum atomic E-state index is 0.0468. The fourth-order valence-corrected chi connectivity index (χ4v) is 1.78. The van der Waals surface area contributed by atoms with Crippen molar-refractivity contribution in [2.24, 2.45) is 11.7 Å². The molecule has 4 heteroatoms. The van der Waals surface area contributed by atoms with E-state index >= 15 is 0 Å². The highest BCUT2D eigenvalue weighted by Crippen LogP contribution is 2.10. The predicted octanol–water partition coefficient (Wildman–Crippen LogP) is 1.31. The lowest BCUT2D eigenvalue weighted by Gasteiger charge is -2.09. The van der Waals surface area contributed by atoms with Crippen LogP contribution in [0.1, 0.15) is 31.7 Å². The van der Waals surface area contributed by atoms with Crippen LogP contribution in [0.15, 0.2) is 6.07 Å². The molecule has 1 heterocycles. The Kier molecular flexibility index (Phi) is 4.68. The molecular weight excluding hydrogens is 202 g/mol. The largest absolute Gasteiger partial charge is 0.330 e. The molecule has 0 aromatic carbocycles. The summed E-state index contributed by atoms with van der Waals surface area (Å²) in [7, 11) is 0. The molecule has 1 unspecified atom stereocenters. The molecule has 16 heavy (non-hydrogen) atoms. The van der Waals surface area contributed by atoms with Gasteiger partial charge in [-0.3, -0.25) is 9.48 Å². The van der Waals surface area contributed by atoms with Crippen LogP contribution in [0.4, 0.5) is 0 Å². The van der Waals surface area contributed by atoms with E-state index in [0.717, 1.165) is 24.4 Å². The molecule has 0 saturated carbocycles. The van der Waals surface area contributed by atoms with Gasteiger partial charge in [0.05, 0.1) is 5.69 Å². The Morgan fingerprint density at radius 2 is 2.31 bits per heavy atom. The van der Waals surface area contributed by atoms with Crippen molar-refractivity contribution >= 4 is 5.78 Å². The van der Waals surface area contributed by atoms with Crippen molar-refractivity contribution < 1.29 is 4.79 Å². The highest BCUT2D eigenvalue weighted by molar-refractivity contribution is 5.82. The van der Waals surface area contributed by atoms with Crippen LogP contribution in [0.3, 0.4) is 0 Å². The minimum Gasteiger partial charge on any atom is -0.330 e. The molecule has 0 saturated heterocycles. The molecule has 1 aromatic rings. The third kappa shape index (κ3) is 3.17. The Bertz CT molecular complexity index is 357. The van der Waals surface area contributed by atoms with Gasteiger partial charge in [0.25, 0.3) is 0 Å². The van der Waals surface area contributed by atoms with E-state index in [2.05, 4.69) is 5.10 Å². The van der Waals surface area contributed by atoms with Crippen molar-refractivity contribution in [3.05, 3.63) is 17.5 Å². The van der Waals surface area contributed by atoms with Crippen LogP contribution in [-0.4, -0.2) is 22.1 Å². The first-order chi connectivity index (χ1) is 7.58. The third-order valence-electron chi connectivity index (χ3n) is 2.79. The monoisotopic (exact) mass is 223 g/mol. The highest BCUT2D eigenvalue weighted by atomic mass is 16.1. The molecule has 0 aliphatic carbocycles. The van der Waals surface area contributed by atoms with Crippen molar-refractivity contribution in [2.45, 2.75) is 40.2 Å². The number of carbonyl (C=O) groups is 1. The van der Waals surface area contributed by atoms with Crippen molar-refractivity contribution in [3.63, 3.8) is 0 Å². The number of aryl methyl sites for hydroxylation is 2. The van der Waals surface area contributed by atoms with Crippen molar-refractivity contribution in [1.29, 1.82) is 0 Å². The Balaban J connectivity index is 2.68. The van der Waals surface area contributed by atoms with Gasteiger partial charge >= 0.3 is 0 Å². The van der Waals surface area contributed by atoms with Gasteiger partial charge in [0.1, 0.15) is 5.78 Å². The lowest BCUT2D eigenvalue weighted by Crippen LogP contribution is -2.19. The molecule has 90 valence electrons.